The van der Waals surface area contributed by atoms with Gasteiger partial charge in [-0.2, -0.15) is 0 Å². The first kappa shape index (κ1) is 16.7. The second-order valence-corrected chi connectivity index (χ2v) is 6.62. The van der Waals surface area contributed by atoms with Gasteiger partial charge >= 0.3 is 0 Å². The number of methoxy groups -OCH3 is 1. The van der Waals surface area contributed by atoms with Gasteiger partial charge in [-0.15, -0.1) is 0 Å². The number of benzene rings is 1. The van der Waals surface area contributed by atoms with E-state index in [1.165, 1.54) is 0 Å². The van der Waals surface area contributed by atoms with E-state index in [4.69, 9.17) is 10.5 Å². The SMILES string of the molecule is COc1ccc(CCC(=O)CC(N)CC(C)(C)C)cc1. The quantitative estimate of drug-likeness (QED) is 0.831. The molecular weight excluding hydrogens is 250 g/mol. The van der Waals surface area contributed by atoms with Crippen molar-refractivity contribution >= 4 is 5.78 Å². The average molecular weight is 277 g/mol. The van der Waals surface area contributed by atoms with Crippen molar-refractivity contribution in [3.05, 3.63) is 29.8 Å². The molecule has 0 heterocycles. The lowest BCUT2D eigenvalue weighted by Crippen LogP contribution is -2.29. The predicted molar refractivity (Wildman–Crippen MR) is 83.0 cm³/mol. The van der Waals surface area contributed by atoms with Gasteiger partial charge in [0.2, 0.25) is 0 Å². The third-order valence-corrected chi connectivity index (χ3v) is 3.22. The van der Waals surface area contributed by atoms with Crippen LogP contribution in [0, 0.1) is 5.41 Å². The molecule has 0 amide bonds. The maximum absolute atomic E-state index is 11.9. The van der Waals surface area contributed by atoms with E-state index in [2.05, 4.69) is 20.8 Å². The number of ketones is 1. The van der Waals surface area contributed by atoms with Crippen LogP contribution in [0.2, 0.25) is 0 Å². The van der Waals surface area contributed by atoms with Crippen molar-refractivity contribution in [1.82, 2.24) is 0 Å². The molecule has 0 fully saturated rings. The number of hydrogen-bond donors (Lipinski definition) is 1. The zero-order valence-corrected chi connectivity index (χ0v) is 13.1. The fraction of sp³-hybridized carbons (Fsp3) is 0.588. The summed E-state index contributed by atoms with van der Waals surface area (Å²) in [5, 5.41) is 0. The number of hydrogen-bond acceptors (Lipinski definition) is 3. The zero-order valence-electron chi connectivity index (χ0n) is 13.1. The first-order chi connectivity index (χ1) is 9.30. The molecule has 1 aromatic carbocycles. The summed E-state index contributed by atoms with van der Waals surface area (Å²) in [5.41, 5.74) is 7.36. The van der Waals surface area contributed by atoms with E-state index in [1.807, 2.05) is 24.3 Å². The second-order valence-electron chi connectivity index (χ2n) is 6.62. The molecule has 0 bridgehead atoms. The van der Waals surface area contributed by atoms with E-state index < -0.39 is 0 Å². The molecule has 0 aliphatic heterocycles. The number of carbonyl (C=O) groups is 1. The minimum absolute atomic E-state index is 0.0293. The summed E-state index contributed by atoms with van der Waals surface area (Å²) in [6.07, 6.45) is 2.68. The van der Waals surface area contributed by atoms with E-state index in [0.29, 0.717) is 12.8 Å². The van der Waals surface area contributed by atoms with Crippen molar-refractivity contribution in [3.8, 4) is 5.75 Å². The maximum Gasteiger partial charge on any atom is 0.134 e. The molecule has 0 spiro atoms. The van der Waals surface area contributed by atoms with E-state index in [9.17, 15) is 4.79 Å². The highest BCUT2D eigenvalue weighted by atomic mass is 16.5. The van der Waals surface area contributed by atoms with E-state index >= 15 is 0 Å². The van der Waals surface area contributed by atoms with Gasteiger partial charge in [-0.1, -0.05) is 32.9 Å². The Morgan fingerprint density at radius 3 is 2.35 bits per heavy atom. The summed E-state index contributed by atoms with van der Waals surface area (Å²) in [4.78, 5) is 11.9. The summed E-state index contributed by atoms with van der Waals surface area (Å²) >= 11 is 0. The molecular formula is C17H27NO2. The van der Waals surface area contributed by atoms with Crippen molar-refractivity contribution in [2.75, 3.05) is 7.11 Å². The Morgan fingerprint density at radius 2 is 1.85 bits per heavy atom. The van der Waals surface area contributed by atoms with Crippen LogP contribution in [0.1, 0.15) is 45.6 Å². The number of carbonyl (C=O) groups excluding carboxylic acids is 1. The molecule has 0 aliphatic rings. The topological polar surface area (TPSA) is 52.3 Å². The van der Waals surface area contributed by atoms with E-state index in [0.717, 1.165) is 24.2 Å². The Bertz CT molecular complexity index is 418. The van der Waals surface area contributed by atoms with Crippen LogP contribution >= 0.6 is 0 Å². The number of ether oxygens (including phenoxy) is 1. The Morgan fingerprint density at radius 1 is 1.25 bits per heavy atom. The first-order valence-electron chi connectivity index (χ1n) is 7.20. The summed E-state index contributed by atoms with van der Waals surface area (Å²) in [5.74, 6) is 1.09. The van der Waals surface area contributed by atoms with E-state index in [-0.39, 0.29) is 17.2 Å². The average Bonchev–Trinajstić information content (AvgIpc) is 2.34. The van der Waals surface area contributed by atoms with Gasteiger partial charge in [-0.3, -0.25) is 4.79 Å². The third-order valence-electron chi connectivity index (χ3n) is 3.22. The molecule has 0 aromatic heterocycles. The molecule has 1 atom stereocenters. The van der Waals surface area contributed by atoms with Gasteiger partial charge in [0.1, 0.15) is 11.5 Å². The van der Waals surface area contributed by atoms with Crippen molar-refractivity contribution < 1.29 is 9.53 Å². The summed E-state index contributed by atoms with van der Waals surface area (Å²) < 4.78 is 5.11. The van der Waals surface area contributed by atoms with Crippen molar-refractivity contribution in [2.45, 2.75) is 52.5 Å². The van der Waals surface area contributed by atoms with Crippen LogP contribution in [-0.4, -0.2) is 18.9 Å². The Balaban J connectivity index is 2.35. The zero-order chi connectivity index (χ0) is 15.2. The molecule has 0 aliphatic carbocycles. The fourth-order valence-corrected chi connectivity index (χ4v) is 2.33. The Kier molecular flexibility index (Phi) is 6.21. The standard InChI is InChI=1S/C17H27NO2/c1-17(2,3)12-14(18)11-15(19)8-5-13-6-9-16(20-4)10-7-13/h6-7,9-10,14H,5,8,11-12,18H2,1-4H3. The second kappa shape index (κ2) is 7.44. The van der Waals surface area contributed by atoms with Crippen LogP contribution in [0.4, 0.5) is 0 Å². The minimum atomic E-state index is -0.0293. The molecule has 20 heavy (non-hydrogen) atoms. The van der Waals surface area contributed by atoms with Gasteiger partial charge in [-0.05, 0) is 36.0 Å². The minimum Gasteiger partial charge on any atom is -0.497 e. The van der Waals surface area contributed by atoms with Crippen molar-refractivity contribution in [1.29, 1.82) is 0 Å². The third kappa shape index (κ3) is 6.71. The van der Waals surface area contributed by atoms with Crippen LogP contribution in [0.15, 0.2) is 24.3 Å². The summed E-state index contributed by atoms with van der Waals surface area (Å²) in [6, 6.07) is 7.82. The number of nitrogens with two attached hydrogens (primary N) is 1. The maximum atomic E-state index is 11.9. The molecule has 112 valence electrons. The highest BCUT2D eigenvalue weighted by Gasteiger charge is 2.17. The molecule has 3 heteroatoms. The lowest BCUT2D eigenvalue weighted by molar-refractivity contribution is -0.119. The normalized spacial score (nSPS) is 13.1. The van der Waals surface area contributed by atoms with Gasteiger partial charge in [0, 0.05) is 18.9 Å². The molecule has 1 aromatic rings. The van der Waals surface area contributed by atoms with Gasteiger partial charge in [0.05, 0.1) is 7.11 Å². The Labute approximate surface area is 122 Å². The van der Waals surface area contributed by atoms with Crippen LogP contribution in [-0.2, 0) is 11.2 Å². The summed E-state index contributed by atoms with van der Waals surface area (Å²) in [6.45, 7) is 6.44. The summed E-state index contributed by atoms with van der Waals surface area (Å²) in [7, 11) is 1.65. The highest BCUT2D eigenvalue weighted by Crippen LogP contribution is 2.21. The first-order valence-corrected chi connectivity index (χ1v) is 7.20. The number of rotatable bonds is 7. The number of Topliss-reactive ketones (excluding diaryl/α,β-unsaturated/α-hetero) is 1. The highest BCUT2D eigenvalue weighted by molar-refractivity contribution is 5.79. The van der Waals surface area contributed by atoms with Crippen LogP contribution in [0.3, 0.4) is 0 Å². The molecule has 0 radical (unpaired) electrons. The molecule has 1 unspecified atom stereocenters. The predicted octanol–water partition coefficient (Wildman–Crippen LogP) is 3.35. The molecule has 0 saturated heterocycles. The lowest BCUT2D eigenvalue weighted by atomic mass is 9.86. The van der Waals surface area contributed by atoms with E-state index in [1.54, 1.807) is 7.11 Å². The smallest absolute Gasteiger partial charge is 0.134 e. The molecule has 0 saturated carbocycles. The largest absolute Gasteiger partial charge is 0.497 e. The van der Waals surface area contributed by atoms with Crippen molar-refractivity contribution in [2.24, 2.45) is 11.1 Å². The van der Waals surface area contributed by atoms with Gasteiger partial charge in [0.15, 0.2) is 0 Å². The fourth-order valence-electron chi connectivity index (χ4n) is 2.33. The van der Waals surface area contributed by atoms with Crippen LogP contribution < -0.4 is 10.5 Å². The van der Waals surface area contributed by atoms with Gasteiger partial charge < -0.3 is 10.5 Å². The van der Waals surface area contributed by atoms with Gasteiger partial charge in [0.25, 0.3) is 0 Å². The van der Waals surface area contributed by atoms with Gasteiger partial charge in [-0.25, -0.2) is 0 Å². The molecule has 3 nitrogen and oxygen atoms in total. The van der Waals surface area contributed by atoms with Crippen LogP contribution in [0.5, 0.6) is 5.75 Å². The monoisotopic (exact) mass is 277 g/mol. The lowest BCUT2D eigenvalue weighted by Gasteiger charge is -2.22. The molecule has 1 rings (SSSR count). The molecule has 2 N–H and O–H groups in total. The van der Waals surface area contributed by atoms with Crippen molar-refractivity contribution in [3.63, 3.8) is 0 Å². The van der Waals surface area contributed by atoms with Crippen LogP contribution in [0.25, 0.3) is 0 Å². The Hall–Kier alpha value is -1.35. The number of aryl methyl sites for hydroxylation is 1.